The van der Waals surface area contributed by atoms with E-state index in [0.29, 0.717) is 31.6 Å². The highest BCUT2D eigenvalue weighted by molar-refractivity contribution is 5.75. The standard InChI is InChI=1S/C14H15FO4/c15-10-1-2-12-9(5-10)6-11(19-12)7-14(13(16)17)3-4-18-8-14/h1-2,5,11H,3-4,6-8H2,(H,16,17). The Morgan fingerprint density at radius 1 is 1.53 bits per heavy atom. The van der Waals surface area contributed by atoms with E-state index in [-0.39, 0.29) is 18.5 Å². The van der Waals surface area contributed by atoms with Gasteiger partial charge in [-0.05, 0) is 24.6 Å². The van der Waals surface area contributed by atoms with Crippen LogP contribution in [0.1, 0.15) is 18.4 Å². The quantitative estimate of drug-likeness (QED) is 0.909. The second-order valence-electron chi connectivity index (χ2n) is 5.29. The van der Waals surface area contributed by atoms with Gasteiger partial charge in [0.15, 0.2) is 0 Å². The fraction of sp³-hybridized carbons (Fsp3) is 0.500. The Hall–Kier alpha value is -1.62. The lowest BCUT2D eigenvalue weighted by Crippen LogP contribution is -2.36. The van der Waals surface area contributed by atoms with E-state index in [1.165, 1.54) is 12.1 Å². The lowest BCUT2D eigenvalue weighted by Gasteiger charge is -2.25. The largest absolute Gasteiger partial charge is 0.490 e. The van der Waals surface area contributed by atoms with Crippen LogP contribution in [0.3, 0.4) is 0 Å². The molecule has 1 N–H and O–H groups in total. The summed E-state index contributed by atoms with van der Waals surface area (Å²) >= 11 is 0. The number of hydrogen-bond donors (Lipinski definition) is 1. The first-order chi connectivity index (χ1) is 9.09. The van der Waals surface area contributed by atoms with Crippen LogP contribution in [-0.2, 0) is 16.0 Å². The summed E-state index contributed by atoms with van der Waals surface area (Å²) in [4.78, 5) is 11.4. The van der Waals surface area contributed by atoms with Crippen LogP contribution in [0.2, 0.25) is 0 Å². The van der Waals surface area contributed by atoms with Crippen molar-refractivity contribution < 1.29 is 23.8 Å². The smallest absolute Gasteiger partial charge is 0.312 e. The van der Waals surface area contributed by atoms with E-state index in [1.54, 1.807) is 6.07 Å². The van der Waals surface area contributed by atoms with E-state index >= 15 is 0 Å². The first kappa shape index (κ1) is 12.4. The van der Waals surface area contributed by atoms with Gasteiger partial charge in [0, 0.05) is 25.0 Å². The van der Waals surface area contributed by atoms with Gasteiger partial charge in [-0.3, -0.25) is 4.79 Å². The van der Waals surface area contributed by atoms with Gasteiger partial charge in [0.25, 0.3) is 0 Å². The van der Waals surface area contributed by atoms with Crippen LogP contribution in [0.5, 0.6) is 5.75 Å². The van der Waals surface area contributed by atoms with Crippen molar-refractivity contribution in [3.05, 3.63) is 29.6 Å². The topological polar surface area (TPSA) is 55.8 Å². The Morgan fingerprint density at radius 3 is 3.05 bits per heavy atom. The summed E-state index contributed by atoms with van der Waals surface area (Å²) in [5.41, 5.74) is -0.0462. The van der Waals surface area contributed by atoms with Crippen LogP contribution in [0.15, 0.2) is 18.2 Å². The third kappa shape index (κ3) is 2.18. The zero-order valence-corrected chi connectivity index (χ0v) is 10.4. The average Bonchev–Trinajstić information content (AvgIpc) is 2.96. The molecule has 0 amide bonds. The number of benzene rings is 1. The number of fused-ring (bicyclic) bond motifs is 1. The second-order valence-corrected chi connectivity index (χ2v) is 5.29. The number of carbonyl (C=O) groups is 1. The monoisotopic (exact) mass is 266 g/mol. The SMILES string of the molecule is O=C(O)C1(CC2Cc3cc(F)ccc3O2)CCOC1. The van der Waals surface area contributed by atoms with Crippen molar-refractivity contribution in [2.45, 2.75) is 25.4 Å². The summed E-state index contributed by atoms with van der Waals surface area (Å²) in [6.07, 6.45) is 1.25. The first-order valence-corrected chi connectivity index (χ1v) is 6.35. The van der Waals surface area contributed by atoms with Gasteiger partial charge in [0.2, 0.25) is 0 Å². The molecule has 1 saturated heterocycles. The Kier molecular flexibility index (Phi) is 2.93. The molecule has 19 heavy (non-hydrogen) atoms. The molecule has 2 aliphatic heterocycles. The molecule has 0 spiro atoms. The predicted octanol–water partition coefficient (Wildman–Crippen LogP) is 2.01. The fourth-order valence-electron chi connectivity index (χ4n) is 2.86. The third-order valence-electron chi connectivity index (χ3n) is 3.94. The molecule has 1 aromatic rings. The molecule has 0 aliphatic carbocycles. The summed E-state index contributed by atoms with van der Waals surface area (Å²) in [7, 11) is 0. The number of hydrogen-bond acceptors (Lipinski definition) is 3. The van der Waals surface area contributed by atoms with Crippen molar-refractivity contribution in [1.82, 2.24) is 0 Å². The maximum Gasteiger partial charge on any atom is 0.312 e. The van der Waals surface area contributed by atoms with Crippen LogP contribution in [0, 0.1) is 11.2 Å². The molecule has 2 atom stereocenters. The summed E-state index contributed by atoms with van der Waals surface area (Å²) in [6, 6.07) is 4.41. The van der Waals surface area contributed by atoms with Crippen LogP contribution in [0.25, 0.3) is 0 Å². The molecule has 0 aromatic heterocycles. The van der Waals surface area contributed by atoms with Gasteiger partial charge in [0.1, 0.15) is 17.7 Å². The van der Waals surface area contributed by atoms with Crippen molar-refractivity contribution in [3.63, 3.8) is 0 Å². The van der Waals surface area contributed by atoms with Crippen molar-refractivity contribution in [3.8, 4) is 5.75 Å². The van der Waals surface area contributed by atoms with Gasteiger partial charge in [-0.1, -0.05) is 0 Å². The van der Waals surface area contributed by atoms with E-state index in [1.807, 2.05) is 0 Å². The zero-order valence-electron chi connectivity index (χ0n) is 10.4. The van der Waals surface area contributed by atoms with Crippen molar-refractivity contribution in [2.75, 3.05) is 13.2 Å². The fourth-order valence-corrected chi connectivity index (χ4v) is 2.86. The number of halogens is 1. The maximum absolute atomic E-state index is 13.1. The lowest BCUT2D eigenvalue weighted by molar-refractivity contribution is -0.150. The number of aliphatic carboxylic acids is 1. The molecule has 102 valence electrons. The molecule has 1 fully saturated rings. The van der Waals surface area contributed by atoms with Crippen molar-refractivity contribution >= 4 is 5.97 Å². The van der Waals surface area contributed by atoms with Gasteiger partial charge in [0.05, 0.1) is 12.0 Å². The molecular formula is C14H15FO4. The molecular weight excluding hydrogens is 251 g/mol. The van der Waals surface area contributed by atoms with E-state index in [0.717, 1.165) is 5.56 Å². The van der Waals surface area contributed by atoms with E-state index in [2.05, 4.69) is 0 Å². The molecule has 2 unspecified atom stereocenters. The molecule has 5 heteroatoms. The molecule has 2 aliphatic rings. The Bertz CT molecular complexity index is 508. The van der Waals surface area contributed by atoms with Crippen LogP contribution in [0.4, 0.5) is 4.39 Å². The molecule has 4 nitrogen and oxygen atoms in total. The van der Waals surface area contributed by atoms with Gasteiger partial charge < -0.3 is 14.6 Å². The highest BCUT2D eigenvalue weighted by atomic mass is 19.1. The molecule has 0 radical (unpaired) electrons. The lowest BCUT2D eigenvalue weighted by atomic mass is 9.81. The van der Waals surface area contributed by atoms with Crippen LogP contribution in [-0.4, -0.2) is 30.4 Å². The highest BCUT2D eigenvalue weighted by Crippen LogP contribution is 2.39. The van der Waals surface area contributed by atoms with Crippen LogP contribution >= 0.6 is 0 Å². The number of ether oxygens (including phenoxy) is 2. The molecule has 2 heterocycles. The minimum Gasteiger partial charge on any atom is -0.490 e. The minimum absolute atomic E-state index is 0.213. The Balaban J connectivity index is 1.74. The molecule has 3 rings (SSSR count). The summed E-state index contributed by atoms with van der Waals surface area (Å²) in [5.74, 6) is -0.471. The van der Waals surface area contributed by atoms with Crippen molar-refractivity contribution in [2.24, 2.45) is 5.41 Å². The normalized spacial score (nSPS) is 29.0. The average molecular weight is 266 g/mol. The van der Waals surface area contributed by atoms with Gasteiger partial charge in [-0.15, -0.1) is 0 Å². The first-order valence-electron chi connectivity index (χ1n) is 6.35. The maximum atomic E-state index is 13.1. The van der Waals surface area contributed by atoms with Gasteiger partial charge in [-0.2, -0.15) is 0 Å². The van der Waals surface area contributed by atoms with Crippen LogP contribution < -0.4 is 4.74 Å². The molecule has 0 saturated carbocycles. The van der Waals surface area contributed by atoms with E-state index in [9.17, 15) is 14.3 Å². The third-order valence-corrected chi connectivity index (χ3v) is 3.94. The second kappa shape index (κ2) is 4.49. The Morgan fingerprint density at radius 2 is 2.37 bits per heavy atom. The van der Waals surface area contributed by atoms with Crippen molar-refractivity contribution in [1.29, 1.82) is 0 Å². The Labute approximate surface area is 110 Å². The number of rotatable bonds is 3. The minimum atomic E-state index is -0.856. The molecule has 1 aromatic carbocycles. The van der Waals surface area contributed by atoms with E-state index < -0.39 is 11.4 Å². The summed E-state index contributed by atoms with van der Waals surface area (Å²) in [6.45, 7) is 0.702. The summed E-state index contributed by atoms with van der Waals surface area (Å²) < 4.78 is 24.1. The number of carboxylic acids is 1. The zero-order chi connectivity index (χ0) is 13.5. The summed E-state index contributed by atoms with van der Waals surface area (Å²) in [5, 5.41) is 9.39. The highest BCUT2D eigenvalue weighted by Gasteiger charge is 2.45. The van der Waals surface area contributed by atoms with E-state index in [4.69, 9.17) is 9.47 Å². The van der Waals surface area contributed by atoms with Gasteiger partial charge in [-0.25, -0.2) is 4.39 Å². The predicted molar refractivity (Wildman–Crippen MR) is 64.6 cm³/mol. The van der Waals surface area contributed by atoms with Gasteiger partial charge >= 0.3 is 5.97 Å². The molecule has 0 bridgehead atoms. The number of carboxylic acid groups (broad SMARTS) is 1.